The molecule has 0 aromatic heterocycles. The summed E-state index contributed by atoms with van der Waals surface area (Å²) in [6, 6.07) is 0. The molecule has 0 N–H and O–H groups in total. The van der Waals surface area contributed by atoms with Gasteiger partial charge in [-0.15, -0.1) is 0 Å². The van der Waals surface area contributed by atoms with Crippen LogP contribution < -0.4 is 0 Å². The van der Waals surface area contributed by atoms with Gasteiger partial charge in [-0.3, -0.25) is 0 Å². The second kappa shape index (κ2) is 26.0. The van der Waals surface area contributed by atoms with E-state index in [1.165, 1.54) is 180 Å². The molecule has 0 aromatic rings. The van der Waals surface area contributed by atoms with Crippen LogP contribution in [-0.4, -0.2) is 29.1 Å². The van der Waals surface area contributed by atoms with E-state index in [0.717, 1.165) is 0 Å². The van der Waals surface area contributed by atoms with Crippen LogP contribution in [0, 0.1) is 0 Å². The highest BCUT2D eigenvalue weighted by molar-refractivity contribution is 4.96. The van der Waals surface area contributed by atoms with Crippen LogP contribution in [0.15, 0.2) is 12.4 Å². The van der Waals surface area contributed by atoms with Gasteiger partial charge < -0.3 is 9.80 Å². The van der Waals surface area contributed by atoms with E-state index in [4.69, 9.17) is 0 Å². The summed E-state index contributed by atoms with van der Waals surface area (Å²) in [5.41, 5.74) is 0. The fourth-order valence-electron chi connectivity index (χ4n) is 5.81. The van der Waals surface area contributed by atoms with Crippen molar-refractivity contribution in [3.8, 4) is 0 Å². The molecule has 2 heteroatoms. The number of rotatable bonds is 28. The molecule has 0 radical (unpaired) electrons. The third-order valence-corrected chi connectivity index (χ3v) is 8.32. The highest BCUT2D eigenvalue weighted by Gasteiger charge is 2.24. The van der Waals surface area contributed by atoms with Crippen LogP contribution in [0.25, 0.3) is 0 Å². The summed E-state index contributed by atoms with van der Waals surface area (Å²) in [4.78, 5) is 5.34. The van der Waals surface area contributed by atoms with Crippen LogP contribution in [0.2, 0.25) is 0 Å². The molecular formula is C34H68N2. The molecule has 214 valence electrons. The van der Waals surface area contributed by atoms with Crippen molar-refractivity contribution in [2.24, 2.45) is 0 Å². The Labute approximate surface area is 229 Å². The Hall–Kier alpha value is -0.660. The second-order valence-electron chi connectivity index (χ2n) is 11.8. The van der Waals surface area contributed by atoms with Crippen LogP contribution in [-0.2, 0) is 0 Å². The predicted molar refractivity (Wildman–Crippen MR) is 163 cm³/mol. The third kappa shape index (κ3) is 18.6. The van der Waals surface area contributed by atoms with Gasteiger partial charge in [0.1, 0.15) is 6.17 Å². The van der Waals surface area contributed by atoms with Crippen LogP contribution in [0.3, 0.4) is 0 Å². The molecule has 0 aliphatic carbocycles. The molecule has 1 aliphatic rings. The van der Waals surface area contributed by atoms with Crippen molar-refractivity contribution in [3.05, 3.63) is 12.4 Å². The van der Waals surface area contributed by atoms with Crippen molar-refractivity contribution in [1.82, 2.24) is 9.80 Å². The summed E-state index contributed by atoms with van der Waals surface area (Å²) >= 11 is 0. The van der Waals surface area contributed by atoms with Crippen molar-refractivity contribution in [3.63, 3.8) is 0 Å². The Morgan fingerprint density at radius 1 is 0.361 bits per heavy atom. The minimum atomic E-state index is 0.641. The summed E-state index contributed by atoms with van der Waals surface area (Å²) in [5.74, 6) is 0. The Kier molecular flexibility index (Phi) is 24.1. The van der Waals surface area contributed by atoms with E-state index in [1.807, 2.05) is 0 Å². The first-order valence-corrected chi connectivity index (χ1v) is 17.0. The molecule has 0 saturated heterocycles. The Morgan fingerprint density at radius 3 is 1.06 bits per heavy atom. The van der Waals surface area contributed by atoms with Crippen molar-refractivity contribution >= 4 is 0 Å². The van der Waals surface area contributed by atoms with Gasteiger partial charge in [0.2, 0.25) is 0 Å². The number of unbranched alkanes of at least 4 members (excludes halogenated alkanes) is 22. The van der Waals surface area contributed by atoms with Gasteiger partial charge in [-0.2, -0.15) is 0 Å². The standard InChI is InChI=1S/C34H68N2/c1-4-7-10-12-14-16-18-19-21-23-25-27-29-34-35(30-9-6-3)32-33-36(34)31-28-26-24-22-20-17-15-13-11-8-5-2/h32-34H,4-31H2,1-3H3. The average Bonchev–Trinajstić information content (AvgIpc) is 3.27. The number of hydrogen-bond donors (Lipinski definition) is 0. The summed E-state index contributed by atoms with van der Waals surface area (Å²) in [5, 5.41) is 0. The first-order valence-electron chi connectivity index (χ1n) is 17.0. The van der Waals surface area contributed by atoms with Gasteiger partial charge >= 0.3 is 0 Å². The lowest BCUT2D eigenvalue weighted by Crippen LogP contribution is -2.39. The molecule has 0 bridgehead atoms. The van der Waals surface area contributed by atoms with Crippen molar-refractivity contribution in [2.45, 2.75) is 194 Å². The van der Waals surface area contributed by atoms with Gasteiger partial charge in [0, 0.05) is 25.5 Å². The molecule has 0 aromatic carbocycles. The van der Waals surface area contributed by atoms with Gasteiger partial charge in [0.25, 0.3) is 0 Å². The molecule has 1 rings (SSSR count). The maximum Gasteiger partial charge on any atom is 0.101 e. The minimum Gasteiger partial charge on any atom is -0.356 e. The third-order valence-electron chi connectivity index (χ3n) is 8.32. The molecule has 0 amide bonds. The van der Waals surface area contributed by atoms with E-state index in [9.17, 15) is 0 Å². The predicted octanol–water partition coefficient (Wildman–Crippen LogP) is 11.6. The minimum absolute atomic E-state index is 0.641. The zero-order valence-electron chi connectivity index (χ0n) is 25.4. The molecule has 1 unspecified atom stereocenters. The smallest absolute Gasteiger partial charge is 0.101 e. The highest BCUT2D eigenvalue weighted by atomic mass is 15.4. The van der Waals surface area contributed by atoms with Crippen LogP contribution in [0.5, 0.6) is 0 Å². The van der Waals surface area contributed by atoms with E-state index in [1.54, 1.807) is 0 Å². The fraction of sp³-hybridized carbons (Fsp3) is 0.941. The zero-order valence-corrected chi connectivity index (χ0v) is 25.4. The van der Waals surface area contributed by atoms with Crippen molar-refractivity contribution < 1.29 is 0 Å². The van der Waals surface area contributed by atoms with Gasteiger partial charge in [-0.25, -0.2) is 0 Å². The summed E-state index contributed by atoms with van der Waals surface area (Å²) in [6.45, 7) is 9.44. The first kappa shape index (κ1) is 33.4. The lowest BCUT2D eigenvalue weighted by atomic mass is 10.0. The quantitative estimate of drug-likeness (QED) is 0.0977. The average molecular weight is 505 g/mol. The lowest BCUT2D eigenvalue weighted by Gasteiger charge is -2.33. The lowest BCUT2D eigenvalue weighted by molar-refractivity contribution is 0.136. The van der Waals surface area contributed by atoms with Gasteiger partial charge in [0.05, 0.1) is 0 Å². The summed E-state index contributed by atoms with van der Waals surface area (Å²) in [6.07, 6.45) is 42.6. The molecule has 1 aliphatic heterocycles. The maximum absolute atomic E-state index is 2.68. The SMILES string of the molecule is CCCCCCCCCCCCCCC1N(CCCC)C=CN1CCCCCCCCCCCCC. The fourth-order valence-corrected chi connectivity index (χ4v) is 5.81. The number of nitrogens with zero attached hydrogens (tertiary/aromatic N) is 2. The molecule has 0 fully saturated rings. The summed E-state index contributed by atoms with van der Waals surface area (Å²) < 4.78 is 0. The normalized spacial score (nSPS) is 15.5. The molecule has 1 heterocycles. The Morgan fingerprint density at radius 2 is 0.667 bits per heavy atom. The van der Waals surface area contributed by atoms with E-state index in [-0.39, 0.29) is 0 Å². The maximum atomic E-state index is 2.68. The van der Waals surface area contributed by atoms with Crippen molar-refractivity contribution in [1.29, 1.82) is 0 Å². The molecule has 0 saturated carbocycles. The van der Waals surface area contributed by atoms with E-state index in [2.05, 4.69) is 43.0 Å². The Balaban J connectivity index is 2.09. The summed E-state index contributed by atoms with van der Waals surface area (Å²) in [7, 11) is 0. The zero-order chi connectivity index (χ0) is 25.9. The van der Waals surface area contributed by atoms with Gasteiger partial charge in [-0.05, 0) is 25.7 Å². The topological polar surface area (TPSA) is 6.48 Å². The van der Waals surface area contributed by atoms with E-state index in [0.29, 0.717) is 6.17 Å². The van der Waals surface area contributed by atoms with Crippen LogP contribution in [0.1, 0.15) is 188 Å². The van der Waals surface area contributed by atoms with Gasteiger partial charge in [-0.1, -0.05) is 162 Å². The first-order chi connectivity index (χ1) is 17.8. The molecular weight excluding hydrogens is 436 g/mol. The largest absolute Gasteiger partial charge is 0.356 e. The van der Waals surface area contributed by atoms with Crippen molar-refractivity contribution in [2.75, 3.05) is 13.1 Å². The van der Waals surface area contributed by atoms with E-state index < -0.39 is 0 Å². The molecule has 2 nitrogen and oxygen atoms in total. The molecule has 36 heavy (non-hydrogen) atoms. The second-order valence-corrected chi connectivity index (χ2v) is 11.8. The van der Waals surface area contributed by atoms with Crippen LogP contribution >= 0.6 is 0 Å². The van der Waals surface area contributed by atoms with Gasteiger partial charge in [0.15, 0.2) is 0 Å². The monoisotopic (exact) mass is 505 g/mol. The number of hydrogen-bond acceptors (Lipinski definition) is 2. The Bertz CT molecular complexity index is 460. The highest BCUT2D eigenvalue weighted by Crippen LogP contribution is 2.23. The van der Waals surface area contributed by atoms with Crippen LogP contribution in [0.4, 0.5) is 0 Å². The molecule has 0 spiro atoms. The molecule has 1 atom stereocenters. The van der Waals surface area contributed by atoms with E-state index >= 15 is 0 Å².